The van der Waals surface area contributed by atoms with E-state index in [9.17, 15) is 14.4 Å². The molecule has 0 saturated heterocycles. The van der Waals surface area contributed by atoms with Gasteiger partial charge in [-0.05, 0) is 58.2 Å². The van der Waals surface area contributed by atoms with Gasteiger partial charge in [0.05, 0.1) is 25.5 Å². The van der Waals surface area contributed by atoms with E-state index in [1.54, 1.807) is 62.6 Å². The van der Waals surface area contributed by atoms with E-state index in [2.05, 4.69) is 0 Å². The van der Waals surface area contributed by atoms with Crippen molar-refractivity contribution in [2.45, 2.75) is 59.5 Å². The molecule has 7 nitrogen and oxygen atoms in total. The van der Waals surface area contributed by atoms with Gasteiger partial charge in [-0.1, -0.05) is 6.42 Å². The number of aromatic nitrogens is 1. The van der Waals surface area contributed by atoms with Crippen molar-refractivity contribution in [3.8, 4) is 0 Å². The lowest BCUT2D eigenvalue weighted by molar-refractivity contribution is -0.140. The van der Waals surface area contributed by atoms with Gasteiger partial charge in [-0.3, -0.25) is 9.59 Å². The van der Waals surface area contributed by atoms with Gasteiger partial charge in [0.1, 0.15) is 11.5 Å². The van der Waals surface area contributed by atoms with Crippen molar-refractivity contribution in [2.24, 2.45) is 13.0 Å². The molecule has 2 aromatic heterocycles. The average Bonchev–Trinajstić information content (AvgIpc) is 3.24. The Labute approximate surface area is 177 Å². The minimum absolute atomic E-state index is 0.0182. The van der Waals surface area contributed by atoms with Crippen LogP contribution in [0.4, 0.5) is 0 Å². The molecule has 1 fully saturated rings. The van der Waals surface area contributed by atoms with E-state index in [4.69, 9.17) is 9.15 Å². The number of amides is 1. The molecule has 1 atom stereocenters. The smallest absolute Gasteiger partial charge is 0.355 e. The molecule has 3 rings (SSSR count). The Kier molecular flexibility index (Phi) is 6.48. The van der Waals surface area contributed by atoms with Gasteiger partial charge >= 0.3 is 5.97 Å². The summed E-state index contributed by atoms with van der Waals surface area (Å²) >= 11 is 0. The Balaban J connectivity index is 1.94. The van der Waals surface area contributed by atoms with Gasteiger partial charge < -0.3 is 18.6 Å². The molecule has 1 aliphatic carbocycles. The summed E-state index contributed by atoms with van der Waals surface area (Å²) in [5, 5.41) is 0. The molecule has 0 N–H and O–H groups in total. The maximum atomic E-state index is 13.5. The minimum Gasteiger partial charge on any atom is -0.467 e. The van der Waals surface area contributed by atoms with E-state index < -0.39 is 12.0 Å². The van der Waals surface area contributed by atoms with E-state index in [-0.39, 0.29) is 30.8 Å². The topological polar surface area (TPSA) is 81.8 Å². The quantitative estimate of drug-likeness (QED) is 0.485. The lowest BCUT2D eigenvalue weighted by Crippen LogP contribution is -2.47. The zero-order valence-corrected chi connectivity index (χ0v) is 18.4. The number of carbonyl (C=O) groups is 3. The monoisotopic (exact) mass is 414 g/mol. The van der Waals surface area contributed by atoms with Crippen LogP contribution in [-0.2, 0) is 23.1 Å². The van der Waals surface area contributed by atoms with E-state index in [1.807, 2.05) is 0 Å². The van der Waals surface area contributed by atoms with Crippen molar-refractivity contribution in [3.05, 3.63) is 46.7 Å². The molecule has 0 aromatic carbocycles. The number of furan rings is 1. The number of ether oxygens (including phenoxy) is 1. The Hall–Kier alpha value is -2.83. The van der Waals surface area contributed by atoms with Crippen molar-refractivity contribution in [1.82, 2.24) is 9.47 Å². The molecule has 1 saturated carbocycles. The van der Waals surface area contributed by atoms with Gasteiger partial charge in [0.15, 0.2) is 5.78 Å². The molecule has 2 heterocycles. The lowest BCUT2D eigenvalue weighted by Gasteiger charge is -2.34. The number of carbonyl (C=O) groups excluding carboxylic acids is 3. The molecule has 0 aliphatic heterocycles. The van der Waals surface area contributed by atoms with E-state index in [0.29, 0.717) is 28.3 Å². The van der Waals surface area contributed by atoms with Crippen LogP contribution in [-0.4, -0.2) is 39.8 Å². The number of rotatable bonds is 8. The first-order chi connectivity index (χ1) is 14.3. The average molecular weight is 415 g/mol. The van der Waals surface area contributed by atoms with E-state index >= 15 is 0 Å². The van der Waals surface area contributed by atoms with E-state index in [0.717, 1.165) is 19.3 Å². The number of Topliss-reactive ketones (excluding diaryl/α,β-unsaturated/α-hetero) is 1. The van der Waals surface area contributed by atoms with Crippen molar-refractivity contribution < 1.29 is 23.5 Å². The molecule has 2 aromatic rings. The first kappa shape index (κ1) is 21.9. The first-order valence-electron chi connectivity index (χ1n) is 10.5. The standard InChI is InChI=1S/C23H30N2O5/c1-6-29-23(28)20-14(2)19(15(3)24(20)5)21(26)16(4)25(13-18-11-8-12-30-18)22(27)17-9-7-10-17/h8,11-12,16-17H,6-7,9-10,13H2,1-5H3. The van der Waals surface area contributed by atoms with Gasteiger partial charge in [-0.25, -0.2) is 4.79 Å². The summed E-state index contributed by atoms with van der Waals surface area (Å²) in [7, 11) is 1.75. The maximum Gasteiger partial charge on any atom is 0.355 e. The van der Waals surface area contributed by atoms with Crippen molar-refractivity contribution in [1.29, 1.82) is 0 Å². The summed E-state index contributed by atoms with van der Waals surface area (Å²) in [4.78, 5) is 40.7. The fourth-order valence-electron chi connectivity index (χ4n) is 4.05. The Morgan fingerprint density at radius 3 is 2.53 bits per heavy atom. The highest BCUT2D eigenvalue weighted by atomic mass is 16.5. The van der Waals surface area contributed by atoms with Crippen LogP contribution in [0.25, 0.3) is 0 Å². The fourth-order valence-corrected chi connectivity index (χ4v) is 4.05. The number of ketones is 1. The molecule has 1 aliphatic rings. The predicted octanol–water partition coefficient (Wildman–Crippen LogP) is 3.81. The Morgan fingerprint density at radius 1 is 1.30 bits per heavy atom. The summed E-state index contributed by atoms with van der Waals surface area (Å²) in [5.41, 5.74) is 2.10. The first-order valence-corrected chi connectivity index (χ1v) is 10.5. The van der Waals surface area contributed by atoms with Gasteiger partial charge in [0.2, 0.25) is 5.91 Å². The molecule has 7 heteroatoms. The van der Waals surface area contributed by atoms with Crippen LogP contribution in [0.15, 0.2) is 22.8 Å². The SMILES string of the molecule is CCOC(=O)c1c(C)c(C(=O)C(C)N(Cc2ccco2)C(=O)C2CCC2)c(C)n1C. The number of nitrogens with zero attached hydrogens (tertiary/aromatic N) is 2. The second-order valence-corrected chi connectivity index (χ2v) is 7.93. The fraction of sp³-hybridized carbons (Fsp3) is 0.522. The predicted molar refractivity (Wildman–Crippen MR) is 111 cm³/mol. The highest BCUT2D eigenvalue weighted by Gasteiger charge is 2.37. The second-order valence-electron chi connectivity index (χ2n) is 7.93. The lowest BCUT2D eigenvalue weighted by atomic mass is 9.83. The molecule has 30 heavy (non-hydrogen) atoms. The molecule has 162 valence electrons. The summed E-state index contributed by atoms with van der Waals surface area (Å²) in [6.45, 7) is 7.55. The van der Waals surface area contributed by atoms with Crippen LogP contribution in [0.1, 0.15) is 71.0 Å². The third-order valence-electron chi connectivity index (χ3n) is 6.14. The maximum absolute atomic E-state index is 13.5. The Bertz CT molecular complexity index is 937. The highest BCUT2D eigenvalue weighted by Crippen LogP contribution is 2.31. The van der Waals surface area contributed by atoms with Crippen molar-refractivity contribution >= 4 is 17.7 Å². The zero-order chi connectivity index (χ0) is 22.0. The molecule has 0 bridgehead atoms. The molecule has 1 unspecified atom stereocenters. The van der Waals surface area contributed by atoms with Crippen LogP contribution in [0, 0.1) is 19.8 Å². The van der Waals surface area contributed by atoms with Crippen LogP contribution >= 0.6 is 0 Å². The van der Waals surface area contributed by atoms with Gasteiger partial charge in [-0.15, -0.1) is 0 Å². The number of hydrogen-bond acceptors (Lipinski definition) is 5. The number of hydrogen-bond donors (Lipinski definition) is 0. The van der Waals surface area contributed by atoms with Crippen LogP contribution in [0.2, 0.25) is 0 Å². The summed E-state index contributed by atoms with van der Waals surface area (Å²) in [6, 6.07) is 2.89. The molecular formula is C23H30N2O5. The summed E-state index contributed by atoms with van der Waals surface area (Å²) in [5.74, 6) is -0.0599. The van der Waals surface area contributed by atoms with Crippen LogP contribution in [0.3, 0.4) is 0 Å². The second kappa shape index (κ2) is 8.90. The van der Waals surface area contributed by atoms with Gasteiger partial charge in [0, 0.05) is 24.2 Å². The normalized spacial score (nSPS) is 14.8. The summed E-state index contributed by atoms with van der Waals surface area (Å²) < 4.78 is 12.3. The number of esters is 1. The third-order valence-corrected chi connectivity index (χ3v) is 6.14. The molecule has 0 spiro atoms. The molecule has 0 radical (unpaired) electrons. The largest absolute Gasteiger partial charge is 0.467 e. The highest BCUT2D eigenvalue weighted by molar-refractivity contribution is 6.06. The van der Waals surface area contributed by atoms with Gasteiger partial charge in [-0.2, -0.15) is 0 Å². The molecule has 1 amide bonds. The molecular weight excluding hydrogens is 384 g/mol. The van der Waals surface area contributed by atoms with Crippen molar-refractivity contribution in [2.75, 3.05) is 6.61 Å². The third kappa shape index (κ3) is 3.93. The summed E-state index contributed by atoms with van der Waals surface area (Å²) in [6.07, 6.45) is 4.30. The Morgan fingerprint density at radius 2 is 2.00 bits per heavy atom. The van der Waals surface area contributed by atoms with Crippen molar-refractivity contribution in [3.63, 3.8) is 0 Å². The minimum atomic E-state index is -0.682. The van der Waals surface area contributed by atoms with Gasteiger partial charge in [0.25, 0.3) is 0 Å². The van der Waals surface area contributed by atoms with Crippen LogP contribution in [0.5, 0.6) is 0 Å². The van der Waals surface area contributed by atoms with Crippen LogP contribution < -0.4 is 0 Å². The zero-order valence-electron chi connectivity index (χ0n) is 18.4. The van der Waals surface area contributed by atoms with E-state index in [1.165, 1.54) is 0 Å².